The number of carbonyl (C=O) groups excluding carboxylic acids is 3. The molecule has 2 aromatic carbocycles. The van der Waals surface area contributed by atoms with E-state index in [-0.39, 0.29) is 17.5 Å². The molecule has 1 saturated carbocycles. The van der Waals surface area contributed by atoms with Gasteiger partial charge in [0, 0.05) is 36.8 Å². The Hall–Kier alpha value is -2.95. The summed E-state index contributed by atoms with van der Waals surface area (Å²) in [5, 5.41) is 3.51. The highest BCUT2D eigenvalue weighted by Gasteiger charge is 2.35. The SMILES string of the molecule is CC(=O)N(C)c1ccc(NC2CCCCC2)c2c1C(=O)c1ccccc1C2=O. The Balaban J connectivity index is 1.88. The minimum Gasteiger partial charge on any atom is -0.382 e. The Kier molecular flexibility index (Phi) is 4.75. The molecule has 0 spiro atoms. The molecule has 28 heavy (non-hydrogen) atoms. The van der Waals surface area contributed by atoms with Gasteiger partial charge in [0.2, 0.25) is 5.91 Å². The van der Waals surface area contributed by atoms with Crippen molar-refractivity contribution in [3.63, 3.8) is 0 Å². The van der Waals surface area contributed by atoms with Gasteiger partial charge in [0.25, 0.3) is 0 Å². The Morgan fingerprint density at radius 1 is 0.929 bits per heavy atom. The number of nitrogens with one attached hydrogen (secondary N) is 1. The molecule has 144 valence electrons. The zero-order chi connectivity index (χ0) is 19.8. The molecule has 0 atom stereocenters. The van der Waals surface area contributed by atoms with Gasteiger partial charge >= 0.3 is 0 Å². The van der Waals surface area contributed by atoms with Crippen molar-refractivity contribution in [1.82, 2.24) is 0 Å². The highest BCUT2D eigenvalue weighted by molar-refractivity contribution is 6.32. The maximum absolute atomic E-state index is 13.4. The quantitative estimate of drug-likeness (QED) is 0.744. The fourth-order valence-corrected chi connectivity index (χ4v) is 4.24. The van der Waals surface area contributed by atoms with Crippen molar-refractivity contribution in [3.05, 3.63) is 58.7 Å². The monoisotopic (exact) mass is 376 g/mol. The molecule has 2 aliphatic carbocycles. The lowest BCUT2D eigenvalue weighted by atomic mass is 9.81. The zero-order valence-corrected chi connectivity index (χ0v) is 16.2. The van der Waals surface area contributed by atoms with Gasteiger partial charge in [-0.05, 0) is 25.0 Å². The fourth-order valence-electron chi connectivity index (χ4n) is 4.24. The van der Waals surface area contributed by atoms with Gasteiger partial charge in [0.15, 0.2) is 11.6 Å². The number of nitrogens with zero attached hydrogens (tertiary/aromatic N) is 1. The Bertz CT molecular complexity index is 974. The molecule has 0 aromatic heterocycles. The van der Waals surface area contributed by atoms with Crippen molar-refractivity contribution in [2.45, 2.75) is 45.1 Å². The van der Waals surface area contributed by atoms with Gasteiger partial charge in [-0.3, -0.25) is 14.4 Å². The van der Waals surface area contributed by atoms with Crippen LogP contribution in [0.15, 0.2) is 36.4 Å². The van der Waals surface area contributed by atoms with Crippen molar-refractivity contribution >= 4 is 28.8 Å². The van der Waals surface area contributed by atoms with Crippen molar-refractivity contribution in [2.75, 3.05) is 17.3 Å². The second-order valence-electron chi connectivity index (χ2n) is 7.64. The van der Waals surface area contributed by atoms with E-state index in [0.29, 0.717) is 39.7 Å². The van der Waals surface area contributed by atoms with E-state index in [9.17, 15) is 14.4 Å². The first-order valence-electron chi connectivity index (χ1n) is 9.85. The maximum Gasteiger partial charge on any atom is 0.223 e. The topological polar surface area (TPSA) is 66.5 Å². The van der Waals surface area contributed by atoms with Gasteiger partial charge < -0.3 is 10.2 Å². The average Bonchev–Trinajstić information content (AvgIpc) is 2.72. The zero-order valence-electron chi connectivity index (χ0n) is 16.2. The third kappa shape index (κ3) is 3.01. The number of amides is 1. The predicted octanol–water partition coefficient (Wildman–Crippen LogP) is 4.19. The lowest BCUT2D eigenvalue weighted by Crippen LogP contribution is -2.31. The number of fused-ring (bicyclic) bond motifs is 2. The number of carbonyl (C=O) groups is 3. The molecule has 1 amide bonds. The normalized spacial score (nSPS) is 16.4. The first-order valence-corrected chi connectivity index (χ1v) is 9.85. The molecular weight excluding hydrogens is 352 g/mol. The summed E-state index contributed by atoms with van der Waals surface area (Å²) in [6, 6.07) is 10.8. The Morgan fingerprint density at radius 3 is 2.14 bits per heavy atom. The molecular formula is C23H24N2O3. The van der Waals surface area contributed by atoms with E-state index < -0.39 is 0 Å². The lowest BCUT2D eigenvalue weighted by molar-refractivity contribution is -0.116. The molecule has 4 rings (SSSR count). The molecule has 5 heteroatoms. The molecule has 1 fully saturated rings. The molecule has 0 heterocycles. The van der Waals surface area contributed by atoms with Gasteiger partial charge in [-0.15, -0.1) is 0 Å². The van der Waals surface area contributed by atoms with Crippen LogP contribution in [0.5, 0.6) is 0 Å². The van der Waals surface area contributed by atoms with E-state index in [2.05, 4.69) is 5.32 Å². The molecule has 1 N–H and O–H groups in total. The molecule has 2 aliphatic rings. The highest BCUT2D eigenvalue weighted by atomic mass is 16.2. The summed E-state index contributed by atoms with van der Waals surface area (Å²) in [6.45, 7) is 1.45. The van der Waals surface area contributed by atoms with Crippen LogP contribution in [0.1, 0.15) is 70.9 Å². The molecule has 0 bridgehead atoms. The van der Waals surface area contributed by atoms with E-state index in [1.165, 1.54) is 31.1 Å². The van der Waals surface area contributed by atoms with Crippen LogP contribution in [0.25, 0.3) is 0 Å². The first kappa shape index (κ1) is 18.4. The number of hydrogen-bond donors (Lipinski definition) is 1. The van der Waals surface area contributed by atoms with Crippen LogP contribution in [0, 0.1) is 0 Å². The van der Waals surface area contributed by atoms with Gasteiger partial charge in [0.05, 0.1) is 16.8 Å². The highest BCUT2D eigenvalue weighted by Crippen LogP contribution is 2.38. The largest absolute Gasteiger partial charge is 0.382 e. The van der Waals surface area contributed by atoms with E-state index in [0.717, 1.165) is 12.8 Å². The van der Waals surface area contributed by atoms with Gasteiger partial charge in [0.1, 0.15) is 0 Å². The summed E-state index contributed by atoms with van der Waals surface area (Å²) >= 11 is 0. The van der Waals surface area contributed by atoms with E-state index >= 15 is 0 Å². The molecule has 0 unspecified atom stereocenters. The predicted molar refractivity (Wildman–Crippen MR) is 109 cm³/mol. The number of benzene rings is 2. The summed E-state index contributed by atoms with van der Waals surface area (Å²) in [6.07, 6.45) is 5.69. The summed E-state index contributed by atoms with van der Waals surface area (Å²) in [5.41, 5.74) is 2.70. The molecule has 2 aromatic rings. The molecule has 0 saturated heterocycles. The second kappa shape index (κ2) is 7.23. The minimum absolute atomic E-state index is 0.165. The van der Waals surface area contributed by atoms with Crippen molar-refractivity contribution in [3.8, 4) is 0 Å². The van der Waals surface area contributed by atoms with E-state index in [1.807, 2.05) is 6.07 Å². The third-order valence-electron chi connectivity index (χ3n) is 5.85. The number of anilines is 2. The number of rotatable bonds is 3. The third-order valence-corrected chi connectivity index (χ3v) is 5.85. The van der Waals surface area contributed by atoms with E-state index in [1.54, 1.807) is 37.4 Å². The minimum atomic E-state index is -0.208. The Morgan fingerprint density at radius 2 is 1.54 bits per heavy atom. The van der Waals surface area contributed by atoms with Crippen LogP contribution < -0.4 is 10.2 Å². The summed E-state index contributed by atoms with van der Waals surface area (Å²) < 4.78 is 0. The van der Waals surface area contributed by atoms with Crippen molar-refractivity contribution < 1.29 is 14.4 Å². The summed E-state index contributed by atoms with van der Waals surface area (Å²) in [4.78, 5) is 40.1. The van der Waals surface area contributed by atoms with Gasteiger partial charge in [-0.1, -0.05) is 43.5 Å². The van der Waals surface area contributed by atoms with E-state index in [4.69, 9.17) is 0 Å². The second-order valence-corrected chi connectivity index (χ2v) is 7.64. The Labute approximate surface area is 164 Å². The standard InChI is InChI=1S/C23H24N2O3/c1-14(26)25(2)19-13-12-18(24-15-8-4-3-5-9-15)20-21(19)23(28)17-11-7-6-10-16(17)22(20)27/h6-7,10-13,15,24H,3-5,8-9H2,1-2H3. The van der Waals surface area contributed by atoms with Crippen LogP contribution in [0.2, 0.25) is 0 Å². The van der Waals surface area contributed by atoms with Crippen LogP contribution in [-0.2, 0) is 4.79 Å². The molecule has 5 nitrogen and oxygen atoms in total. The fraction of sp³-hybridized carbons (Fsp3) is 0.348. The van der Waals surface area contributed by atoms with Gasteiger partial charge in [-0.2, -0.15) is 0 Å². The first-order chi connectivity index (χ1) is 13.5. The van der Waals surface area contributed by atoms with Crippen LogP contribution >= 0.6 is 0 Å². The summed E-state index contributed by atoms with van der Waals surface area (Å²) in [5.74, 6) is -0.558. The van der Waals surface area contributed by atoms with Gasteiger partial charge in [-0.25, -0.2) is 0 Å². The van der Waals surface area contributed by atoms with Crippen molar-refractivity contribution in [1.29, 1.82) is 0 Å². The van der Waals surface area contributed by atoms with Crippen LogP contribution in [0.4, 0.5) is 11.4 Å². The van der Waals surface area contributed by atoms with Crippen molar-refractivity contribution in [2.24, 2.45) is 0 Å². The lowest BCUT2D eigenvalue weighted by Gasteiger charge is -2.29. The molecule has 0 aliphatic heterocycles. The number of hydrogen-bond acceptors (Lipinski definition) is 4. The summed E-state index contributed by atoms with van der Waals surface area (Å²) in [7, 11) is 1.63. The maximum atomic E-state index is 13.4. The smallest absolute Gasteiger partial charge is 0.223 e. The van der Waals surface area contributed by atoms with Crippen LogP contribution in [0.3, 0.4) is 0 Å². The molecule has 0 radical (unpaired) electrons. The van der Waals surface area contributed by atoms with Crippen LogP contribution in [-0.4, -0.2) is 30.6 Å². The number of ketones is 2. The average molecular weight is 376 g/mol.